The van der Waals surface area contributed by atoms with Crippen LogP contribution in [0.15, 0.2) is 18.2 Å². The van der Waals surface area contributed by atoms with Gasteiger partial charge in [-0.15, -0.1) is 0 Å². The number of piperidine rings is 1. The lowest BCUT2D eigenvalue weighted by Crippen LogP contribution is -2.38. The molecular weight excluding hydrogens is 258 g/mol. The van der Waals surface area contributed by atoms with Crippen molar-refractivity contribution in [1.82, 2.24) is 10.2 Å². The molecule has 1 fully saturated rings. The zero-order valence-corrected chi connectivity index (χ0v) is 12.2. The average Bonchev–Trinajstić information content (AvgIpc) is 2.39. The number of halogens is 2. The summed E-state index contributed by atoms with van der Waals surface area (Å²) in [5.74, 6) is -0.333. The average molecular weight is 282 g/mol. The zero-order chi connectivity index (χ0) is 14.4. The molecule has 1 aliphatic rings. The zero-order valence-electron chi connectivity index (χ0n) is 12.2. The first-order valence-electron chi connectivity index (χ1n) is 7.55. The van der Waals surface area contributed by atoms with Gasteiger partial charge < -0.3 is 5.32 Å². The standard InChI is InChI=1S/C16H24F2N2/c1-2-6-20(11-13-4-3-5-19-10-13)12-14-7-15(17)9-16(18)8-14/h7-9,13,19H,2-6,10-12H2,1H3. The van der Waals surface area contributed by atoms with E-state index < -0.39 is 11.6 Å². The Hall–Kier alpha value is -1.00. The lowest BCUT2D eigenvalue weighted by molar-refractivity contribution is 0.201. The maximum atomic E-state index is 13.3. The molecule has 1 saturated heterocycles. The highest BCUT2D eigenvalue weighted by atomic mass is 19.1. The minimum absolute atomic E-state index is 0.490. The Labute approximate surface area is 120 Å². The molecule has 0 spiro atoms. The van der Waals surface area contributed by atoms with E-state index in [-0.39, 0.29) is 0 Å². The highest BCUT2D eigenvalue weighted by Gasteiger charge is 2.17. The molecule has 0 radical (unpaired) electrons. The van der Waals surface area contributed by atoms with E-state index in [0.717, 1.165) is 44.2 Å². The Bertz CT molecular complexity index is 397. The number of hydrogen-bond acceptors (Lipinski definition) is 2. The van der Waals surface area contributed by atoms with Crippen LogP contribution in [0.25, 0.3) is 0 Å². The van der Waals surface area contributed by atoms with Crippen LogP contribution >= 0.6 is 0 Å². The van der Waals surface area contributed by atoms with E-state index in [1.54, 1.807) is 0 Å². The summed E-state index contributed by atoms with van der Waals surface area (Å²) in [5.41, 5.74) is 0.722. The third-order valence-electron chi connectivity index (χ3n) is 3.78. The second kappa shape index (κ2) is 7.70. The van der Waals surface area contributed by atoms with E-state index in [9.17, 15) is 8.78 Å². The topological polar surface area (TPSA) is 15.3 Å². The fourth-order valence-electron chi connectivity index (χ4n) is 2.96. The Balaban J connectivity index is 1.96. The van der Waals surface area contributed by atoms with Crippen LogP contribution in [0.4, 0.5) is 8.78 Å². The first-order valence-corrected chi connectivity index (χ1v) is 7.55. The van der Waals surface area contributed by atoms with Crippen molar-refractivity contribution in [2.75, 3.05) is 26.2 Å². The largest absolute Gasteiger partial charge is 0.316 e. The van der Waals surface area contributed by atoms with Gasteiger partial charge in [-0.2, -0.15) is 0 Å². The monoisotopic (exact) mass is 282 g/mol. The highest BCUT2D eigenvalue weighted by Crippen LogP contribution is 2.16. The molecule has 1 aromatic rings. The molecule has 0 bridgehead atoms. The molecule has 0 aliphatic carbocycles. The Kier molecular flexibility index (Phi) is 5.92. The summed E-state index contributed by atoms with van der Waals surface area (Å²) in [6, 6.07) is 3.80. The molecule has 20 heavy (non-hydrogen) atoms. The Morgan fingerprint density at radius 3 is 2.60 bits per heavy atom. The van der Waals surface area contributed by atoms with Gasteiger partial charge in [0, 0.05) is 19.2 Å². The first kappa shape index (κ1) is 15.4. The summed E-state index contributed by atoms with van der Waals surface area (Å²) in [6.07, 6.45) is 3.52. The van der Waals surface area contributed by atoms with Gasteiger partial charge in [-0.05, 0) is 62.5 Å². The predicted molar refractivity (Wildman–Crippen MR) is 77.5 cm³/mol. The summed E-state index contributed by atoms with van der Waals surface area (Å²) in [6.45, 7) is 6.89. The third kappa shape index (κ3) is 4.84. The number of nitrogens with zero attached hydrogens (tertiary/aromatic N) is 1. The van der Waals surface area contributed by atoms with Crippen LogP contribution in [-0.4, -0.2) is 31.1 Å². The minimum atomic E-state index is -0.490. The molecule has 0 aromatic heterocycles. The molecule has 1 unspecified atom stereocenters. The fourth-order valence-corrected chi connectivity index (χ4v) is 2.96. The summed E-state index contributed by atoms with van der Waals surface area (Å²) in [5, 5.41) is 3.42. The van der Waals surface area contributed by atoms with E-state index >= 15 is 0 Å². The van der Waals surface area contributed by atoms with E-state index in [2.05, 4.69) is 17.1 Å². The van der Waals surface area contributed by atoms with Gasteiger partial charge in [0.25, 0.3) is 0 Å². The van der Waals surface area contributed by atoms with E-state index in [0.29, 0.717) is 12.5 Å². The second-order valence-corrected chi connectivity index (χ2v) is 5.73. The van der Waals surface area contributed by atoms with Gasteiger partial charge in [-0.3, -0.25) is 4.90 Å². The molecule has 1 heterocycles. The third-order valence-corrected chi connectivity index (χ3v) is 3.78. The lowest BCUT2D eigenvalue weighted by atomic mass is 9.98. The predicted octanol–water partition coefficient (Wildman–Crippen LogP) is 3.18. The van der Waals surface area contributed by atoms with Gasteiger partial charge >= 0.3 is 0 Å². The van der Waals surface area contributed by atoms with Crippen LogP contribution in [0.1, 0.15) is 31.7 Å². The van der Waals surface area contributed by atoms with E-state index in [1.807, 2.05) is 0 Å². The van der Waals surface area contributed by atoms with Gasteiger partial charge in [0.05, 0.1) is 0 Å². The van der Waals surface area contributed by atoms with Crippen LogP contribution in [-0.2, 0) is 6.54 Å². The molecule has 2 nitrogen and oxygen atoms in total. The molecule has 1 aliphatic heterocycles. The molecule has 112 valence electrons. The van der Waals surface area contributed by atoms with Gasteiger partial charge in [-0.1, -0.05) is 6.92 Å². The molecule has 1 aromatic carbocycles. The molecule has 0 amide bonds. The summed E-state index contributed by atoms with van der Waals surface area (Å²) in [4.78, 5) is 2.31. The minimum Gasteiger partial charge on any atom is -0.316 e. The lowest BCUT2D eigenvalue weighted by Gasteiger charge is -2.30. The number of nitrogens with one attached hydrogen (secondary N) is 1. The van der Waals surface area contributed by atoms with Crippen molar-refractivity contribution in [2.45, 2.75) is 32.7 Å². The van der Waals surface area contributed by atoms with Crippen molar-refractivity contribution < 1.29 is 8.78 Å². The maximum absolute atomic E-state index is 13.3. The molecule has 1 N–H and O–H groups in total. The van der Waals surface area contributed by atoms with Crippen molar-refractivity contribution >= 4 is 0 Å². The number of rotatable bonds is 6. The van der Waals surface area contributed by atoms with Gasteiger partial charge in [-0.25, -0.2) is 8.78 Å². The van der Waals surface area contributed by atoms with Crippen LogP contribution in [0.3, 0.4) is 0 Å². The SMILES string of the molecule is CCCN(Cc1cc(F)cc(F)c1)CC1CCCNC1. The fraction of sp³-hybridized carbons (Fsp3) is 0.625. The smallest absolute Gasteiger partial charge is 0.126 e. The van der Waals surface area contributed by atoms with Gasteiger partial charge in [0.15, 0.2) is 0 Å². The number of benzene rings is 1. The van der Waals surface area contributed by atoms with Crippen molar-refractivity contribution in [2.24, 2.45) is 5.92 Å². The summed E-state index contributed by atoms with van der Waals surface area (Å²) >= 11 is 0. The Morgan fingerprint density at radius 2 is 2.00 bits per heavy atom. The second-order valence-electron chi connectivity index (χ2n) is 5.73. The van der Waals surface area contributed by atoms with Crippen molar-refractivity contribution in [3.63, 3.8) is 0 Å². The van der Waals surface area contributed by atoms with E-state index in [1.165, 1.54) is 25.0 Å². The van der Waals surface area contributed by atoms with Crippen molar-refractivity contribution in [3.05, 3.63) is 35.4 Å². The van der Waals surface area contributed by atoms with E-state index in [4.69, 9.17) is 0 Å². The first-order chi connectivity index (χ1) is 9.67. The summed E-state index contributed by atoms with van der Waals surface area (Å²) < 4.78 is 26.5. The van der Waals surface area contributed by atoms with Crippen LogP contribution in [0.5, 0.6) is 0 Å². The molecular formula is C16H24F2N2. The summed E-state index contributed by atoms with van der Waals surface area (Å²) in [7, 11) is 0. The maximum Gasteiger partial charge on any atom is 0.126 e. The van der Waals surface area contributed by atoms with Gasteiger partial charge in [0.1, 0.15) is 11.6 Å². The molecule has 1 atom stereocenters. The molecule has 0 saturated carbocycles. The Morgan fingerprint density at radius 1 is 1.25 bits per heavy atom. The highest BCUT2D eigenvalue weighted by molar-refractivity contribution is 5.17. The number of hydrogen-bond donors (Lipinski definition) is 1. The molecule has 2 rings (SSSR count). The molecule has 4 heteroatoms. The quantitative estimate of drug-likeness (QED) is 0.862. The van der Waals surface area contributed by atoms with Crippen molar-refractivity contribution in [3.8, 4) is 0 Å². The van der Waals surface area contributed by atoms with Crippen LogP contribution in [0, 0.1) is 17.6 Å². The normalized spacial score (nSPS) is 19.5. The van der Waals surface area contributed by atoms with Crippen LogP contribution in [0.2, 0.25) is 0 Å². The van der Waals surface area contributed by atoms with Crippen LogP contribution < -0.4 is 5.32 Å². The van der Waals surface area contributed by atoms with Gasteiger partial charge in [0.2, 0.25) is 0 Å². The van der Waals surface area contributed by atoms with Crippen molar-refractivity contribution in [1.29, 1.82) is 0 Å².